The minimum atomic E-state index is -3.61. The summed E-state index contributed by atoms with van der Waals surface area (Å²) in [6.45, 7) is 4.89. The maximum Gasteiger partial charge on any atom is 0.309 e. The highest BCUT2D eigenvalue weighted by Crippen LogP contribution is 2.25. The molecule has 0 radical (unpaired) electrons. The van der Waals surface area contributed by atoms with E-state index in [0.29, 0.717) is 19.4 Å². The lowest BCUT2D eigenvalue weighted by atomic mass is 9.98. The first-order valence-electron chi connectivity index (χ1n) is 10.8. The number of nitrogens with zero attached hydrogens (tertiary/aromatic N) is 3. The summed E-state index contributed by atoms with van der Waals surface area (Å²) in [5.74, 6) is -0.949. The number of hydrogen-bond acceptors (Lipinski definition) is 6. The van der Waals surface area contributed by atoms with E-state index in [1.54, 1.807) is 13.0 Å². The molecule has 0 aromatic carbocycles. The lowest BCUT2D eigenvalue weighted by molar-refractivity contribution is -0.165. The van der Waals surface area contributed by atoms with Gasteiger partial charge in [0, 0.05) is 38.1 Å². The Kier molecular flexibility index (Phi) is 7.46. The van der Waals surface area contributed by atoms with Crippen molar-refractivity contribution in [2.75, 3.05) is 19.6 Å². The van der Waals surface area contributed by atoms with Crippen LogP contribution in [-0.2, 0) is 24.3 Å². The second-order valence-corrected chi connectivity index (χ2v) is 9.97. The smallest absolute Gasteiger partial charge is 0.309 e. The molecule has 0 bridgehead atoms. The second kappa shape index (κ2) is 9.87. The Bertz CT molecular complexity index is 837. The van der Waals surface area contributed by atoms with Gasteiger partial charge < -0.3 is 9.64 Å². The summed E-state index contributed by atoms with van der Waals surface area (Å²) >= 11 is 0. The van der Waals surface area contributed by atoms with Gasteiger partial charge in [0.1, 0.15) is 4.90 Å². The molecule has 0 spiro atoms. The van der Waals surface area contributed by atoms with Crippen molar-refractivity contribution in [1.82, 2.24) is 14.2 Å². The zero-order valence-electron chi connectivity index (χ0n) is 17.7. The average molecular weight is 438 g/mol. The maximum absolute atomic E-state index is 12.8. The Morgan fingerprint density at radius 3 is 2.57 bits per heavy atom. The molecular weight excluding hydrogens is 406 g/mol. The molecule has 2 aliphatic rings. The average Bonchev–Trinajstić information content (AvgIpc) is 2.79. The summed E-state index contributed by atoms with van der Waals surface area (Å²) in [5.41, 5.74) is 0. The maximum atomic E-state index is 12.8. The number of likely N-dealkylation sites (tertiary alicyclic amines) is 1. The Morgan fingerprint density at radius 1 is 1.20 bits per heavy atom. The molecule has 2 saturated heterocycles. The highest BCUT2D eigenvalue weighted by atomic mass is 32.2. The van der Waals surface area contributed by atoms with Gasteiger partial charge in [-0.15, -0.1) is 0 Å². The van der Waals surface area contributed by atoms with Gasteiger partial charge in [0.05, 0.1) is 5.92 Å². The van der Waals surface area contributed by atoms with E-state index >= 15 is 0 Å². The topological polar surface area (TPSA) is 96.9 Å². The third kappa shape index (κ3) is 5.00. The standard InChI is InChI=1S/C21H31N3O5S/c1-3-18-7-4-5-12-24(18)20(25)16(2)29-21(26)17-9-13-23(14-10-17)30(27,28)19-8-6-11-22-15-19/h6,8,11,15-18H,3-5,7,9-10,12-14H2,1-2H3. The van der Waals surface area contributed by atoms with Crippen LogP contribution in [0.25, 0.3) is 0 Å². The molecule has 0 aliphatic carbocycles. The molecule has 3 rings (SSSR count). The number of carbonyl (C=O) groups is 2. The first-order chi connectivity index (χ1) is 14.3. The lowest BCUT2D eigenvalue weighted by Gasteiger charge is -2.37. The van der Waals surface area contributed by atoms with Crippen LogP contribution in [0.1, 0.15) is 52.4 Å². The van der Waals surface area contributed by atoms with Crippen LogP contribution in [-0.4, -0.2) is 66.3 Å². The molecule has 3 heterocycles. The number of carbonyl (C=O) groups excluding carboxylic acids is 2. The number of amides is 1. The van der Waals surface area contributed by atoms with E-state index < -0.39 is 28.0 Å². The van der Waals surface area contributed by atoms with Gasteiger partial charge in [0.15, 0.2) is 6.10 Å². The summed E-state index contributed by atoms with van der Waals surface area (Å²) < 4.78 is 32.2. The fourth-order valence-electron chi connectivity index (χ4n) is 4.25. The van der Waals surface area contributed by atoms with Crippen molar-refractivity contribution in [2.24, 2.45) is 5.92 Å². The van der Waals surface area contributed by atoms with Gasteiger partial charge >= 0.3 is 5.97 Å². The molecule has 9 heteroatoms. The number of rotatable bonds is 6. The largest absolute Gasteiger partial charge is 0.452 e. The molecule has 2 fully saturated rings. The minimum absolute atomic E-state index is 0.133. The van der Waals surface area contributed by atoms with Crippen molar-refractivity contribution in [2.45, 2.75) is 69.4 Å². The zero-order valence-corrected chi connectivity index (χ0v) is 18.5. The van der Waals surface area contributed by atoms with E-state index in [4.69, 9.17) is 4.74 Å². The zero-order chi connectivity index (χ0) is 21.7. The molecule has 0 N–H and O–H groups in total. The van der Waals surface area contributed by atoms with Gasteiger partial charge in [-0.05, 0) is 57.6 Å². The Morgan fingerprint density at radius 2 is 1.93 bits per heavy atom. The Hall–Kier alpha value is -2.00. The summed E-state index contributed by atoms with van der Waals surface area (Å²) in [7, 11) is -3.61. The first-order valence-corrected chi connectivity index (χ1v) is 12.2. The molecule has 2 unspecified atom stereocenters. The molecule has 30 heavy (non-hydrogen) atoms. The molecule has 1 amide bonds. The quantitative estimate of drug-likeness (QED) is 0.633. The van der Waals surface area contributed by atoms with Crippen molar-refractivity contribution in [1.29, 1.82) is 0 Å². The van der Waals surface area contributed by atoms with Crippen LogP contribution >= 0.6 is 0 Å². The second-order valence-electron chi connectivity index (χ2n) is 8.04. The number of sulfonamides is 1. The third-order valence-corrected chi connectivity index (χ3v) is 7.96. The van der Waals surface area contributed by atoms with E-state index in [-0.39, 0.29) is 29.9 Å². The SMILES string of the molecule is CCC1CCCCN1C(=O)C(C)OC(=O)C1CCN(S(=O)(=O)c2cccnc2)CC1. The number of aromatic nitrogens is 1. The normalized spacial score (nSPS) is 22.5. The Balaban J connectivity index is 1.53. The highest BCUT2D eigenvalue weighted by molar-refractivity contribution is 7.89. The summed E-state index contributed by atoms with van der Waals surface area (Å²) in [6.07, 6.45) is 6.78. The fourth-order valence-corrected chi connectivity index (χ4v) is 5.68. The van der Waals surface area contributed by atoms with Gasteiger partial charge in [-0.2, -0.15) is 4.31 Å². The predicted molar refractivity (Wildman–Crippen MR) is 111 cm³/mol. The third-order valence-electron chi connectivity index (χ3n) is 6.08. The summed E-state index contributed by atoms with van der Waals surface area (Å²) in [5, 5.41) is 0. The predicted octanol–water partition coefficient (Wildman–Crippen LogP) is 2.21. The van der Waals surface area contributed by atoms with Crippen LogP contribution in [0.3, 0.4) is 0 Å². The van der Waals surface area contributed by atoms with Gasteiger partial charge in [0.2, 0.25) is 10.0 Å². The highest BCUT2D eigenvalue weighted by Gasteiger charge is 2.35. The first kappa shape index (κ1) is 22.7. The van der Waals surface area contributed by atoms with Crippen LogP contribution in [0, 0.1) is 5.92 Å². The van der Waals surface area contributed by atoms with Gasteiger partial charge in [0.25, 0.3) is 5.91 Å². The number of esters is 1. The van der Waals surface area contributed by atoms with E-state index in [0.717, 1.165) is 25.7 Å². The molecule has 2 atom stereocenters. The number of pyridine rings is 1. The molecule has 8 nitrogen and oxygen atoms in total. The van der Waals surface area contributed by atoms with E-state index in [1.807, 2.05) is 4.90 Å². The van der Waals surface area contributed by atoms with Crippen LogP contribution in [0.4, 0.5) is 0 Å². The molecule has 1 aromatic rings. The van der Waals surface area contributed by atoms with Crippen molar-refractivity contribution in [3.05, 3.63) is 24.5 Å². The molecule has 166 valence electrons. The van der Waals surface area contributed by atoms with Gasteiger partial charge in [-0.1, -0.05) is 6.92 Å². The lowest BCUT2D eigenvalue weighted by Crippen LogP contribution is -2.49. The Labute approximate surface area is 178 Å². The van der Waals surface area contributed by atoms with E-state index in [1.165, 1.54) is 22.8 Å². The van der Waals surface area contributed by atoms with Crippen LogP contribution in [0.15, 0.2) is 29.4 Å². The van der Waals surface area contributed by atoms with Crippen molar-refractivity contribution in [3.8, 4) is 0 Å². The molecule has 2 aliphatic heterocycles. The van der Waals surface area contributed by atoms with Crippen molar-refractivity contribution < 1.29 is 22.7 Å². The molecule has 1 aromatic heterocycles. The number of ether oxygens (including phenoxy) is 1. The van der Waals surface area contributed by atoms with Crippen LogP contribution in [0.2, 0.25) is 0 Å². The molecular formula is C21H31N3O5S. The monoisotopic (exact) mass is 437 g/mol. The van der Waals surface area contributed by atoms with Crippen LogP contribution < -0.4 is 0 Å². The van der Waals surface area contributed by atoms with Crippen LogP contribution in [0.5, 0.6) is 0 Å². The van der Waals surface area contributed by atoms with Gasteiger partial charge in [-0.3, -0.25) is 14.6 Å². The summed E-state index contributed by atoms with van der Waals surface area (Å²) in [4.78, 5) is 31.3. The van der Waals surface area contributed by atoms with Crippen molar-refractivity contribution >= 4 is 21.9 Å². The minimum Gasteiger partial charge on any atom is -0.452 e. The number of piperidine rings is 2. The van der Waals surface area contributed by atoms with Crippen molar-refractivity contribution in [3.63, 3.8) is 0 Å². The van der Waals surface area contributed by atoms with E-state index in [2.05, 4.69) is 11.9 Å². The van der Waals surface area contributed by atoms with Gasteiger partial charge in [-0.25, -0.2) is 8.42 Å². The van der Waals surface area contributed by atoms with E-state index in [9.17, 15) is 18.0 Å². The molecule has 0 saturated carbocycles. The number of hydrogen-bond donors (Lipinski definition) is 0. The summed E-state index contributed by atoms with van der Waals surface area (Å²) in [6, 6.07) is 3.31. The fraction of sp³-hybridized carbons (Fsp3) is 0.667.